The largest absolute Gasteiger partial charge is 0.383 e. The van der Waals surface area contributed by atoms with Crippen LogP contribution in [0.5, 0.6) is 0 Å². The number of non-ortho nitro benzene ring substituents is 1. The summed E-state index contributed by atoms with van der Waals surface area (Å²) in [5.74, 6) is 0. The number of anilines is 1. The molecular formula is C21H22N4O5. The highest BCUT2D eigenvalue weighted by atomic mass is 16.6. The van der Waals surface area contributed by atoms with Gasteiger partial charge in [-0.2, -0.15) is 5.10 Å². The van der Waals surface area contributed by atoms with Crippen LogP contribution in [0, 0.1) is 20.2 Å². The molecule has 9 heteroatoms. The maximum Gasteiger partial charge on any atom is 0.301 e. The van der Waals surface area contributed by atoms with Crippen LogP contribution in [0.15, 0.2) is 59.7 Å². The SMILES string of the molecule is O=[N+]([O-])c1ccc(N/N=C(/C=C/c2ccccc2)C2(O)CCCCC2)c([N+](=O)[O-])c1. The first-order chi connectivity index (χ1) is 14.4. The average molecular weight is 410 g/mol. The Kier molecular flexibility index (Phi) is 6.53. The minimum absolute atomic E-state index is 0.00983. The minimum atomic E-state index is -1.15. The molecule has 0 aromatic heterocycles. The second-order valence-electron chi connectivity index (χ2n) is 7.16. The smallest absolute Gasteiger partial charge is 0.301 e. The monoisotopic (exact) mass is 410 g/mol. The van der Waals surface area contributed by atoms with Gasteiger partial charge in [-0.05, 0) is 30.5 Å². The molecule has 1 saturated carbocycles. The summed E-state index contributed by atoms with van der Waals surface area (Å²) < 4.78 is 0. The van der Waals surface area contributed by atoms with E-state index in [4.69, 9.17) is 0 Å². The van der Waals surface area contributed by atoms with Crippen molar-refractivity contribution in [2.45, 2.75) is 37.7 Å². The van der Waals surface area contributed by atoms with Crippen LogP contribution in [0.3, 0.4) is 0 Å². The second kappa shape index (κ2) is 9.27. The summed E-state index contributed by atoms with van der Waals surface area (Å²) >= 11 is 0. The molecule has 2 aromatic rings. The number of nitro benzene ring substituents is 2. The van der Waals surface area contributed by atoms with Crippen molar-refractivity contribution in [2.75, 3.05) is 5.43 Å². The van der Waals surface area contributed by atoms with Gasteiger partial charge < -0.3 is 5.11 Å². The molecule has 0 radical (unpaired) electrons. The van der Waals surface area contributed by atoms with Crippen LogP contribution in [-0.4, -0.2) is 26.3 Å². The summed E-state index contributed by atoms with van der Waals surface area (Å²) in [7, 11) is 0. The molecule has 0 bridgehead atoms. The fraction of sp³-hybridized carbons (Fsp3) is 0.286. The minimum Gasteiger partial charge on any atom is -0.383 e. The van der Waals surface area contributed by atoms with Gasteiger partial charge in [-0.25, -0.2) is 0 Å². The molecule has 2 aromatic carbocycles. The summed E-state index contributed by atoms with van der Waals surface area (Å²) in [6, 6.07) is 12.8. The van der Waals surface area contributed by atoms with Crippen LogP contribution < -0.4 is 5.43 Å². The van der Waals surface area contributed by atoms with E-state index in [0.717, 1.165) is 30.9 Å². The second-order valence-corrected chi connectivity index (χ2v) is 7.16. The third-order valence-corrected chi connectivity index (χ3v) is 5.08. The highest BCUT2D eigenvalue weighted by Crippen LogP contribution is 2.32. The fourth-order valence-corrected chi connectivity index (χ4v) is 3.43. The van der Waals surface area contributed by atoms with Gasteiger partial charge in [0.1, 0.15) is 11.3 Å². The molecule has 30 heavy (non-hydrogen) atoms. The van der Waals surface area contributed by atoms with Gasteiger partial charge in [0.2, 0.25) is 0 Å². The number of hydrogen-bond acceptors (Lipinski definition) is 7. The highest BCUT2D eigenvalue weighted by molar-refractivity contribution is 6.04. The van der Waals surface area contributed by atoms with Crippen molar-refractivity contribution in [1.82, 2.24) is 0 Å². The molecule has 0 atom stereocenters. The third-order valence-electron chi connectivity index (χ3n) is 5.08. The molecule has 156 valence electrons. The first-order valence-corrected chi connectivity index (χ1v) is 9.61. The zero-order chi connectivity index (χ0) is 21.6. The normalized spacial score (nSPS) is 16.4. The lowest BCUT2D eigenvalue weighted by Crippen LogP contribution is -2.40. The maximum atomic E-state index is 11.3. The number of hydrazone groups is 1. The van der Waals surface area contributed by atoms with Crippen molar-refractivity contribution >= 4 is 28.8 Å². The summed E-state index contributed by atoms with van der Waals surface area (Å²) in [5.41, 5.74) is 1.93. The molecule has 0 spiro atoms. The van der Waals surface area contributed by atoms with E-state index in [0.29, 0.717) is 18.6 Å². The van der Waals surface area contributed by atoms with Gasteiger partial charge in [-0.15, -0.1) is 0 Å². The van der Waals surface area contributed by atoms with Crippen molar-refractivity contribution in [2.24, 2.45) is 5.10 Å². The summed E-state index contributed by atoms with van der Waals surface area (Å²) in [6.45, 7) is 0. The Morgan fingerprint density at radius 1 is 1.03 bits per heavy atom. The molecular weight excluding hydrogens is 388 g/mol. The van der Waals surface area contributed by atoms with E-state index in [9.17, 15) is 25.3 Å². The Balaban J connectivity index is 1.94. The molecule has 0 unspecified atom stereocenters. The van der Waals surface area contributed by atoms with Gasteiger partial charge in [-0.1, -0.05) is 55.7 Å². The predicted octanol–water partition coefficient (Wildman–Crippen LogP) is 4.68. The molecule has 9 nitrogen and oxygen atoms in total. The highest BCUT2D eigenvalue weighted by Gasteiger charge is 2.34. The van der Waals surface area contributed by atoms with Gasteiger partial charge >= 0.3 is 5.69 Å². The van der Waals surface area contributed by atoms with Crippen molar-refractivity contribution in [3.05, 3.63) is 80.4 Å². The fourth-order valence-electron chi connectivity index (χ4n) is 3.43. The lowest BCUT2D eigenvalue weighted by Gasteiger charge is -2.32. The topological polar surface area (TPSA) is 131 Å². The molecule has 1 aliphatic carbocycles. The molecule has 0 aliphatic heterocycles. The molecule has 1 aliphatic rings. The number of rotatable bonds is 7. The number of nitrogens with zero attached hydrogens (tertiary/aromatic N) is 3. The zero-order valence-corrected chi connectivity index (χ0v) is 16.2. The molecule has 1 fully saturated rings. The van der Waals surface area contributed by atoms with Crippen LogP contribution in [-0.2, 0) is 0 Å². The van der Waals surface area contributed by atoms with Crippen molar-refractivity contribution in [3.63, 3.8) is 0 Å². The number of benzene rings is 2. The lowest BCUT2D eigenvalue weighted by atomic mass is 9.81. The lowest BCUT2D eigenvalue weighted by molar-refractivity contribution is -0.393. The van der Waals surface area contributed by atoms with E-state index in [-0.39, 0.29) is 11.4 Å². The number of aliphatic hydroxyl groups is 1. The number of nitrogens with one attached hydrogen (secondary N) is 1. The van der Waals surface area contributed by atoms with E-state index in [1.165, 1.54) is 12.1 Å². The van der Waals surface area contributed by atoms with Crippen LogP contribution in [0.25, 0.3) is 6.08 Å². The van der Waals surface area contributed by atoms with Crippen LogP contribution in [0.1, 0.15) is 37.7 Å². The Labute approximate surface area is 173 Å². The van der Waals surface area contributed by atoms with Gasteiger partial charge in [0.05, 0.1) is 21.6 Å². The summed E-state index contributed by atoms with van der Waals surface area (Å²) in [4.78, 5) is 20.9. The van der Waals surface area contributed by atoms with Crippen LogP contribution in [0.2, 0.25) is 0 Å². The molecule has 0 heterocycles. The quantitative estimate of drug-likeness (QED) is 0.387. The number of nitro groups is 2. The van der Waals surface area contributed by atoms with Gasteiger partial charge in [0.15, 0.2) is 0 Å². The van der Waals surface area contributed by atoms with Crippen molar-refractivity contribution in [3.8, 4) is 0 Å². The average Bonchev–Trinajstić information content (AvgIpc) is 2.74. The van der Waals surface area contributed by atoms with E-state index >= 15 is 0 Å². The first kappa shape index (κ1) is 21.1. The first-order valence-electron chi connectivity index (χ1n) is 9.61. The Morgan fingerprint density at radius 2 is 1.73 bits per heavy atom. The summed E-state index contributed by atoms with van der Waals surface area (Å²) in [5, 5.41) is 37.7. The van der Waals surface area contributed by atoms with Crippen molar-refractivity contribution < 1.29 is 15.0 Å². The predicted molar refractivity (Wildman–Crippen MR) is 114 cm³/mol. The summed E-state index contributed by atoms with van der Waals surface area (Å²) in [6.07, 6.45) is 7.32. The van der Waals surface area contributed by atoms with Crippen LogP contribution >= 0.6 is 0 Å². The van der Waals surface area contributed by atoms with Gasteiger partial charge in [-0.3, -0.25) is 25.7 Å². The Hall–Kier alpha value is -3.59. The van der Waals surface area contributed by atoms with Crippen LogP contribution in [0.4, 0.5) is 17.1 Å². The zero-order valence-electron chi connectivity index (χ0n) is 16.2. The van der Waals surface area contributed by atoms with E-state index in [2.05, 4.69) is 10.5 Å². The standard InChI is InChI=1S/C21H22N4O5/c26-21(13-5-2-6-14-21)20(12-9-16-7-3-1-4-8-16)23-22-18-11-10-17(24(27)28)15-19(18)25(29)30/h1,3-4,7-12,15,22,26H,2,5-6,13-14H2/b12-9+,23-20-. The Bertz CT molecular complexity index is 982. The molecule has 2 N–H and O–H groups in total. The van der Waals surface area contributed by atoms with E-state index < -0.39 is 21.1 Å². The third kappa shape index (κ3) is 5.06. The molecule has 0 amide bonds. The molecule has 0 saturated heterocycles. The van der Waals surface area contributed by atoms with Gasteiger partial charge in [0.25, 0.3) is 5.69 Å². The molecule has 3 rings (SSSR count). The maximum absolute atomic E-state index is 11.3. The van der Waals surface area contributed by atoms with E-state index in [1.807, 2.05) is 36.4 Å². The van der Waals surface area contributed by atoms with E-state index in [1.54, 1.807) is 6.08 Å². The Morgan fingerprint density at radius 3 is 2.37 bits per heavy atom. The number of hydrogen-bond donors (Lipinski definition) is 2. The van der Waals surface area contributed by atoms with Crippen molar-refractivity contribution in [1.29, 1.82) is 0 Å². The van der Waals surface area contributed by atoms with Gasteiger partial charge in [0, 0.05) is 6.07 Å².